The molecule has 4 bridgehead atoms. The van der Waals surface area contributed by atoms with E-state index in [9.17, 15) is 0 Å². The molecule has 4 heteroatoms. The SMILES string of the molecule is CC(C)(C)C1=C2c3ccccc3[CH]1[Zr+2][CH]1C(C(C)(C)C)=C(c3ccccc31)[Si]2(C)C.[Cl-].[Cl-]. The van der Waals surface area contributed by atoms with E-state index in [0.717, 1.165) is 0 Å². The van der Waals surface area contributed by atoms with Crippen molar-refractivity contribution < 1.29 is 48.0 Å². The minimum Gasteiger partial charge on any atom is -1.00 e. The summed E-state index contributed by atoms with van der Waals surface area (Å²) >= 11 is -0.824. The van der Waals surface area contributed by atoms with Gasteiger partial charge in [0.05, 0.1) is 0 Å². The summed E-state index contributed by atoms with van der Waals surface area (Å²) in [4.78, 5) is 0. The van der Waals surface area contributed by atoms with Gasteiger partial charge in [-0.05, 0) is 0 Å². The number of fused-ring (bicyclic) bond motifs is 8. The van der Waals surface area contributed by atoms with Crippen LogP contribution in [0.15, 0.2) is 59.7 Å². The van der Waals surface area contributed by atoms with Gasteiger partial charge in [-0.2, -0.15) is 0 Å². The molecule has 0 saturated heterocycles. The molecule has 2 aromatic carbocycles. The first-order chi connectivity index (χ1) is 13.9. The number of hydrogen-bond donors (Lipinski definition) is 0. The van der Waals surface area contributed by atoms with Gasteiger partial charge in [0.2, 0.25) is 0 Å². The van der Waals surface area contributed by atoms with Crippen LogP contribution in [0, 0.1) is 10.8 Å². The molecule has 0 fully saturated rings. The van der Waals surface area contributed by atoms with Gasteiger partial charge in [0.15, 0.2) is 0 Å². The van der Waals surface area contributed by atoms with Crippen LogP contribution < -0.4 is 24.8 Å². The minimum absolute atomic E-state index is 0. The second-order valence-electron chi connectivity index (χ2n) is 11.9. The van der Waals surface area contributed by atoms with Crippen molar-refractivity contribution in [1.82, 2.24) is 0 Å². The smallest absolute Gasteiger partial charge is 1.00 e. The number of allylic oxidation sites excluding steroid dienone is 2. The van der Waals surface area contributed by atoms with Crippen LogP contribution in [0.2, 0.25) is 13.1 Å². The van der Waals surface area contributed by atoms with Crippen molar-refractivity contribution in [2.24, 2.45) is 10.8 Å². The summed E-state index contributed by atoms with van der Waals surface area (Å²) in [5, 5.41) is 3.56. The van der Waals surface area contributed by atoms with E-state index in [1.165, 1.54) is 0 Å². The van der Waals surface area contributed by atoms with Gasteiger partial charge in [0, 0.05) is 0 Å². The standard InChI is InChI=1S/C28H34Si.2ClH.Zr/c1-27(2,3)23-17-19-13-9-11-15-21(19)25(23)29(7,8)26-22-16-12-10-14-20(22)18-24(26)28(4,5)6;;;/h9-18H,1-8H3;2*1H;/q;;;+2/p-2. The van der Waals surface area contributed by atoms with E-state index >= 15 is 0 Å². The Morgan fingerprint density at radius 3 is 1.31 bits per heavy atom. The van der Waals surface area contributed by atoms with E-state index in [2.05, 4.69) is 103 Å². The molecular formula is C28H34Cl2SiZr. The number of benzene rings is 2. The summed E-state index contributed by atoms with van der Waals surface area (Å²) in [5.74, 6) is 0. The van der Waals surface area contributed by atoms with Gasteiger partial charge in [0.25, 0.3) is 0 Å². The molecule has 2 aromatic rings. The fourth-order valence-electron chi connectivity index (χ4n) is 6.44. The topological polar surface area (TPSA) is 0 Å². The second-order valence-corrected chi connectivity index (χ2v) is 19.8. The van der Waals surface area contributed by atoms with Crippen LogP contribution in [0.4, 0.5) is 0 Å². The van der Waals surface area contributed by atoms with Crippen molar-refractivity contribution in [3.63, 3.8) is 0 Å². The maximum absolute atomic E-state index is 2.66. The van der Waals surface area contributed by atoms with Gasteiger partial charge in [-0.15, -0.1) is 0 Å². The molecule has 168 valence electrons. The largest absolute Gasteiger partial charge is 1.00 e. The van der Waals surface area contributed by atoms with E-state index in [4.69, 9.17) is 0 Å². The van der Waals surface area contributed by atoms with Crippen LogP contribution >= 0.6 is 0 Å². The Hall–Kier alpha value is -0.400. The molecule has 3 aliphatic rings. The fraction of sp³-hybridized carbons (Fsp3) is 0.429. The molecule has 0 amide bonds. The van der Waals surface area contributed by atoms with Gasteiger partial charge in [-0.25, -0.2) is 0 Å². The Balaban J connectivity index is 0.00000144. The summed E-state index contributed by atoms with van der Waals surface area (Å²) in [6.07, 6.45) is 0. The summed E-state index contributed by atoms with van der Waals surface area (Å²) < 4.78 is 1.42. The molecule has 5 rings (SSSR count). The monoisotopic (exact) mass is 558 g/mol. The van der Waals surface area contributed by atoms with Gasteiger partial charge >= 0.3 is 196 Å². The summed E-state index contributed by atoms with van der Waals surface area (Å²) in [6, 6.07) is 19.0. The average molecular weight is 561 g/mol. The Kier molecular flexibility index (Phi) is 6.85. The van der Waals surface area contributed by atoms with E-state index in [1.54, 1.807) is 32.6 Å². The molecule has 0 saturated carbocycles. The molecule has 1 aliphatic heterocycles. The van der Waals surface area contributed by atoms with Crippen LogP contribution in [-0.4, -0.2) is 8.07 Å². The maximum atomic E-state index is 2.66. The van der Waals surface area contributed by atoms with Crippen molar-refractivity contribution in [1.29, 1.82) is 0 Å². The molecule has 2 aliphatic carbocycles. The van der Waals surface area contributed by atoms with E-state index in [0.29, 0.717) is 7.25 Å². The molecule has 0 nitrogen and oxygen atoms in total. The van der Waals surface area contributed by atoms with Crippen molar-refractivity contribution in [3.05, 3.63) is 81.9 Å². The van der Waals surface area contributed by atoms with Crippen LogP contribution in [0.1, 0.15) is 71.0 Å². The van der Waals surface area contributed by atoms with Crippen molar-refractivity contribution in [2.75, 3.05) is 0 Å². The predicted molar refractivity (Wildman–Crippen MR) is 129 cm³/mol. The van der Waals surface area contributed by atoms with Crippen LogP contribution in [-0.2, 0) is 23.2 Å². The zero-order chi connectivity index (χ0) is 21.6. The van der Waals surface area contributed by atoms with E-state index in [-0.39, 0.29) is 35.6 Å². The number of rotatable bonds is 0. The summed E-state index contributed by atoms with van der Waals surface area (Å²) in [5.41, 5.74) is 10.6. The van der Waals surface area contributed by atoms with Gasteiger partial charge in [-0.3, -0.25) is 0 Å². The van der Waals surface area contributed by atoms with Crippen molar-refractivity contribution >= 4 is 18.5 Å². The number of halogens is 2. The Labute approximate surface area is 219 Å². The molecule has 0 N–H and O–H groups in total. The first kappa shape index (κ1) is 26.2. The molecule has 0 radical (unpaired) electrons. The Morgan fingerprint density at radius 1 is 0.625 bits per heavy atom. The molecule has 0 aromatic heterocycles. The zero-order valence-corrected chi connectivity index (χ0v) is 25.5. The summed E-state index contributed by atoms with van der Waals surface area (Å²) in [6.45, 7) is 20.2. The third-order valence-electron chi connectivity index (χ3n) is 7.40. The molecule has 2 unspecified atom stereocenters. The second kappa shape index (κ2) is 8.37. The number of hydrogen-bond acceptors (Lipinski definition) is 0. The predicted octanol–water partition coefficient (Wildman–Crippen LogP) is 1.99. The normalized spacial score (nSPS) is 22.5. The Morgan fingerprint density at radius 2 is 0.969 bits per heavy atom. The first-order valence-electron chi connectivity index (χ1n) is 11.4. The average Bonchev–Trinajstić information content (AvgIpc) is 3.17. The molecule has 2 atom stereocenters. The van der Waals surface area contributed by atoms with Crippen LogP contribution in [0.5, 0.6) is 0 Å². The van der Waals surface area contributed by atoms with Crippen molar-refractivity contribution in [3.8, 4) is 0 Å². The van der Waals surface area contributed by atoms with E-state index < -0.39 is 31.3 Å². The summed E-state index contributed by atoms with van der Waals surface area (Å²) in [7, 11) is -1.91. The first-order valence-corrected chi connectivity index (χ1v) is 17.2. The fourth-order valence-corrected chi connectivity index (χ4v) is 18.2. The molecular weight excluding hydrogens is 527 g/mol. The van der Waals surface area contributed by atoms with Gasteiger partial charge in [0.1, 0.15) is 0 Å². The van der Waals surface area contributed by atoms with Gasteiger partial charge < -0.3 is 24.8 Å². The van der Waals surface area contributed by atoms with Crippen LogP contribution in [0.3, 0.4) is 0 Å². The molecule has 32 heavy (non-hydrogen) atoms. The molecule has 1 heterocycles. The van der Waals surface area contributed by atoms with Gasteiger partial charge in [-0.1, -0.05) is 0 Å². The third kappa shape index (κ3) is 3.64. The Bertz CT molecular complexity index is 1040. The third-order valence-corrected chi connectivity index (χ3v) is 15.6. The minimum atomic E-state index is -1.91. The van der Waals surface area contributed by atoms with Crippen LogP contribution in [0.25, 0.3) is 10.4 Å². The maximum Gasteiger partial charge on any atom is -1.00 e. The van der Waals surface area contributed by atoms with Crippen molar-refractivity contribution in [2.45, 2.75) is 61.9 Å². The quantitative estimate of drug-likeness (QED) is 0.433. The van der Waals surface area contributed by atoms with E-state index in [1.807, 2.05) is 11.1 Å². The molecule has 0 spiro atoms. The zero-order valence-electron chi connectivity index (χ0n) is 20.5.